The molecule has 1 aliphatic carbocycles. The van der Waals surface area contributed by atoms with Crippen LogP contribution in [-0.4, -0.2) is 0 Å². The van der Waals surface area contributed by atoms with Crippen LogP contribution in [0.1, 0.15) is 16.7 Å². The maximum Gasteiger partial charge on any atom is 0.0188 e. The Bertz CT molecular complexity index is 530. The largest absolute Gasteiger partial charge is 0.0974 e. The molecule has 0 saturated carbocycles. The molecule has 0 fully saturated rings. The van der Waals surface area contributed by atoms with Gasteiger partial charge in [-0.2, -0.15) is 0 Å². The molecule has 1 aromatic rings. The van der Waals surface area contributed by atoms with E-state index in [-0.39, 0.29) is 0 Å². The van der Waals surface area contributed by atoms with Gasteiger partial charge in [0.2, 0.25) is 0 Å². The van der Waals surface area contributed by atoms with Gasteiger partial charge in [0, 0.05) is 4.91 Å². The van der Waals surface area contributed by atoms with Gasteiger partial charge in [-0.15, -0.1) is 0 Å². The highest BCUT2D eigenvalue weighted by molar-refractivity contribution is 8.10. The number of hydrogen-bond acceptors (Lipinski definition) is 1. The molecule has 1 aliphatic heterocycles. The van der Waals surface area contributed by atoms with Crippen LogP contribution in [0.15, 0.2) is 54.0 Å². The predicted octanol–water partition coefficient (Wildman–Crippen LogP) is 4.41. The fraction of sp³-hybridized carbons (Fsp3) is 0.0667. The Balaban J connectivity index is 2.01. The first kappa shape index (κ1) is 9.73. The summed E-state index contributed by atoms with van der Waals surface area (Å²) in [7, 11) is 0. The predicted molar refractivity (Wildman–Crippen MR) is 73.0 cm³/mol. The lowest BCUT2D eigenvalue weighted by Gasteiger charge is -2.06. The summed E-state index contributed by atoms with van der Waals surface area (Å²) in [4.78, 5) is 1.31. The highest BCUT2D eigenvalue weighted by Crippen LogP contribution is 2.32. The van der Waals surface area contributed by atoms with E-state index in [1.54, 1.807) is 11.8 Å². The number of benzene rings is 1. The SMILES string of the molecule is C1=CC=C(c2ccc3c(c2)C=CC3)SC=C1. The normalized spacial score (nSPS) is 17.1. The molecule has 1 aromatic carbocycles. The van der Waals surface area contributed by atoms with Gasteiger partial charge < -0.3 is 0 Å². The number of rotatable bonds is 1. The lowest BCUT2D eigenvalue weighted by atomic mass is 10.1. The van der Waals surface area contributed by atoms with Crippen molar-refractivity contribution in [2.75, 3.05) is 0 Å². The zero-order valence-corrected chi connectivity index (χ0v) is 9.71. The van der Waals surface area contributed by atoms with E-state index in [0.717, 1.165) is 6.42 Å². The van der Waals surface area contributed by atoms with Crippen molar-refractivity contribution < 1.29 is 0 Å². The highest BCUT2D eigenvalue weighted by atomic mass is 32.2. The molecule has 0 N–H and O–H groups in total. The second kappa shape index (κ2) is 4.18. The van der Waals surface area contributed by atoms with Gasteiger partial charge in [-0.3, -0.25) is 0 Å². The maximum atomic E-state index is 2.28. The fourth-order valence-electron chi connectivity index (χ4n) is 1.97. The Morgan fingerprint density at radius 3 is 3.06 bits per heavy atom. The van der Waals surface area contributed by atoms with Crippen LogP contribution in [0.25, 0.3) is 11.0 Å². The van der Waals surface area contributed by atoms with Crippen molar-refractivity contribution in [3.05, 3.63) is 70.7 Å². The van der Waals surface area contributed by atoms with Crippen molar-refractivity contribution in [1.29, 1.82) is 0 Å². The van der Waals surface area contributed by atoms with Gasteiger partial charge in [-0.05, 0) is 40.7 Å². The third kappa shape index (κ3) is 1.79. The Hall–Kier alpha value is -1.47. The van der Waals surface area contributed by atoms with E-state index in [9.17, 15) is 0 Å². The monoisotopic (exact) mass is 224 g/mol. The summed E-state index contributed by atoms with van der Waals surface area (Å²) in [6.07, 6.45) is 13.9. The third-order valence-corrected chi connectivity index (χ3v) is 3.73. The van der Waals surface area contributed by atoms with Crippen molar-refractivity contribution >= 4 is 22.7 Å². The minimum absolute atomic E-state index is 1.08. The van der Waals surface area contributed by atoms with Gasteiger partial charge in [-0.1, -0.05) is 54.3 Å². The lowest BCUT2D eigenvalue weighted by molar-refractivity contribution is 1.31. The standard InChI is InChI=1S/C15H12S/c1-2-7-15(16-10-3-1)14-9-8-12-5-4-6-13(12)11-14/h1-4,6-11H,5H2. The lowest BCUT2D eigenvalue weighted by Crippen LogP contribution is -1.85. The van der Waals surface area contributed by atoms with Crippen LogP contribution in [0.2, 0.25) is 0 Å². The van der Waals surface area contributed by atoms with Gasteiger partial charge in [0.25, 0.3) is 0 Å². The minimum atomic E-state index is 1.08. The first-order chi connectivity index (χ1) is 7.93. The molecule has 0 bridgehead atoms. The molecular weight excluding hydrogens is 212 g/mol. The zero-order chi connectivity index (χ0) is 10.8. The molecule has 0 radical (unpaired) electrons. The van der Waals surface area contributed by atoms with E-state index < -0.39 is 0 Å². The van der Waals surface area contributed by atoms with Crippen LogP contribution < -0.4 is 0 Å². The summed E-state index contributed by atoms with van der Waals surface area (Å²) in [5.74, 6) is 0. The Labute approximate surface area is 100 Å². The molecule has 0 unspecified atom stereocenters. The van der Waals surface area contributed by atoms with E-state index in [2.05, 4.69) is 60.1 Å². The minimum Gasteiger partial charge on any atom is -0.0974 e. The molecule has 1 heteroatoms. The summed E-state index contributed by atoms with van der Waals surface area (Å²) < 4.78 is 0. The second-order valence-electron chi connectivity index (χ2n) is 3.88. The molecule has 16 heavy (non-hydrogen) atoms. The molecule has 78 valence electrons. The molecule has 1 heterocycles. The van der Waals surface area contributed by atoms with Crippen molar-refractivity contribution in [1.82, 2.24) is 0 Å². The molecule has 0 nitrogen and oxygen atoms in total. The highest BCUT2D eigenvalue weighted by Gasteiger charge is 2.08. The van der Waals surface area contributed by atoms with Gasteiger partial charge in [0.1, 0.15) is 0 Å². The molecule has 2 aliphatic rings. The molecule has 0 atom stereocenters. The van der Waals surface area contributed by atoms with Gasteiger partial charge in [-0.25, -0.2) is 0 Å². The summed E-state index contributed by atoms with van der Waals surface area (Å²) in [5.41, 5.74) is 4.12. The van der Waals surface area contributed by atoms with E-state index >= 15 is 0 Å². The Morgan fingerprint density at radius 1 is 1.06 bits per heavy atom. The summed E-state index contributed by atoms with van der Waals surface area (Å²) in [6.45, 7) is 0. The quantitative estimate of drug-likeness (QED) is 0.680. The number of hydrogen-bond donors (Lipinski definition) is 0. The molecule has 0 aromatic heterocycles. The third-order valence-electron chi connectivity index (χ3n) is 2.81. The van der Waals surface area contributed by atoms with Gasteiger partial charge in [0.15, 0.2) is 0 Å². The summed E-state index contributed by atoms with van der Waals surface area (Å²) in [5, 5.41) is 2.12. The smallest absolute Gasteiger partial charge is 0.0188 e. The zero-order valence-electron chi connectivity index (χ0n) is 8.89. The van der Waals surface area contributed by atoms with Crippen molar-refractivity contribution in [2.45, 2.75) is 6.42 Å². The first-order valence-corrected chi connectivity index (χ1v) is 6.31. The Kier molecular flexibility index (Phi) is 2.55. The topological polar surface area (TPSA) is 0 Å². The summed E-state index contributed by atoms with van der Waals surface area (Å²) >= 11 is 1.78. The van der Waals surface area contributed by atoms with E-state index in [1.807, 2.05) is 0 Å². The molecule has 0 amide bonds. The number of thioether (sulfide) groups is 1. The van der Waals surface area contributed by atoms with Gasteiger partial charge in [0.05, 0.1) is 0 Å². The maximum absolute atomic E-state index is 2.28. The molecule has 0 saturated heterocycles. The number of fused-ring (bicyclic) bond motifs is 1. The molecular formula is C15H12S. The van der Waals surface area contributed by atoms with Crippen LogP contribution >= 0.6 is 11.8 Å². The molecule has 3 rings (SSSR count). The fourth-order valence-corrected chi connectivity index (χ4v) is 2.71. The van der Waals surface area contributed by atoms with E-state index in [0.29, 0.717) is 0 Å². The van der Waals surface area contributed by atoms with E-state index in [1.165, 1.54) is 21.6 Å². The van der Waals surface area contributed by atoms with Crippen LogP contribution in [0.3, 0.4) is 0 Å². The van der Waals surface area contributed by atoms with Crippen molar-refractivity contribution in [2.24, 2.45) is 0 Å². The Morgan fingerprint density at radius 2 is 2.06 bits per heavy atom. The van der Waals surface area contributed by atoms with Crippen LogP contribution in [0, 0.1) is 0 Å². The average molecular weight is 224 g/mol. The van der Waals surface area contributed by atoms with Crippen LogP contribution in [-0.2, 0) is 6.42 Å². The molecule has 0 spiro atoms. The van der Waals surface area contributed by atoms with Crippen LogP contribution in [0.5, 0.6) is 0 Å². The van der Waals surface area contributed by atoms with Crippen molar-refractivity contribution in [3.63, 3.8) is 0 Å². The van der Waals surface area contributed by atoms with Crippen LogP contribution in [0.4, 0.5) is 0 Å². The van der Waals surface area contributed by atoms with E-state index in [4.69, 9.17) is 0 Å². The average Bonchev–Trinajstić information content (AvgIpc) is 2.61. The summed E-state index contributed by atoms with van der Waals surface area (Å²) in [6, 6.07) is 6.74. The number of allylic oxidation sites excluding steroid dienone is 5. The second-order valence-corrected chi connectivity index (χ2v) is 4.83. The van der Waals surface area contributed by atoms with Gasteiger partial charge >= 0.3 is 0 Å². The first-order valence-electron chi connectivity index (χ1n) is 5.43. The van der Waals surface area contributed by atoms with Crippen molar-refractivity contribution in [3.8, 4) is 0 Å².